The molecule has 8 heteroatoms. The van der Waals surface area contributed by atoms with Crippen molar-refractivity contribution >= 4 is 5.91 Å². The molecule has 0 radical (unpaired) electrons. The first-order chi connectivity index (χ1) is 15.6. The first-order valence-corrected chi connectivity index (χ1v) is 11.6. The molecule has 1 aliphatic carbocycles. The van der Waals surface area contributed by atoms with E-state index in [4.69, 9.17) is 4.98 Å². The molecule has 2 aromatic heterocycles. The van der Waals surface area contributed by atoms with Crippen LogP contribution in [0.4, 0.5) is 0 Å². The number of aryl methyl sites for hydroxylation is 1. The largest absolute Gasteiger partial charge is 0.336 e. The zero-order valence-electron chi connectivity index (χ0n) is 18.4. The van der Waals surface area contributed by atoms with Crippen LogP contribution in [0.1, 0.15) is 59.3 Å². The van der Waals surface area contributed by atoms with Crippen molar-refractivity contribution < 1.29 is 4.79 Å². The van der Waals surface area contributed by atoms with Gasteiger partial charge in [0.05, 0.1) is 0 Å². The van der Waals surface area contributed by atoms with Gasteiger partial charge in [-0.15, -0.1) is 0 Å². The molecular formula is C24H29N7O. The van der Waals surface area contributed by atoms with Crippen LogP contribution in [0.15, 0.2) is 42.6 Å². The minimum atomic E-state index is 0.0157. The minimum Gasteiger partial charge on any atom is -0.336 e. The summed E-state index contributed by atoms with van der Waals surface area (Å²) in [4.78, 5) is 22.5. The third-order valence-corrected chi connectivity index (χ3v) is 7.29. The van der Waals surface area contributed by atoms with Gasteiger partial charge in [-0.1, -0.05) is 30.3 Å². The van der Waals surface area contributed by atoms with Crippen molar-refractivity contribution in [3.63, 3.8) is 0 Å². The van der Waals surface area contributed by atoms with E-state index in [0.717, 1.165) is 44.4 Å². The maximum Gasteiger partial charge on any atom is 0.272 e. The van der Waals surface area contributed by atoms with Crippen LogP contribution in [0.5, 0.6) is 0 Å². The normalized spacial score (nSPS) is 22.4. The average molecular weight is 432 g/mol. The Hall–Kier alpha value is -3.00. The number of hydrogen-bond donors (Lipinski definition) is 1. The molecule has 1 spiro atoms. The molecule has 3 aromatic rings. The summed E-state index contributed by atoms with van der Waals surface area (Å²) in [5.41, 5.74) is 2.01. The zero-order chi connectivity index (χ0) is 21.7. The molecule has 1 N–H and O–H groups in total. The highest BCUT2D eigenvalue weighted by atomic mass is 16.2. The fourth-order valence-corrected chi connectivity index (χ4v) is 5.48. The maximum absolute atomic E-state index is 13.1. The molecule has 3 aliphatic rings. The number of nitrogens with zero attached hydrogens (tertiary/aromatic N) is 6. The quantitative estimate of drug-likeness (QED) is 0.649. The van der Waals surface area contributed by atoms with Crippen LogP contribution in [-0.2, 0) is 13.1 Å². The average Bonchev–Trinajstić information content (AvgIpc) is 3.19. The van der Waals surface area contributed by atoms with Crippen molar-refractivity contribution in [2.24, 2.45) is 5.41 Å². The van der Waals surface area contributed by atoms with Crippen molar-refractivity contribution in [1.29, 1.82) is 0 Å². The van der Waals surface area contributed by atoms with Crippen molar-refractivity contribution in [2.45, 2.75) is 44.7 Å². The van der Waals surface area contributed by atoms with Crippen LogP contribution in [0.2, 0.25) is 0 Å². The van der Waals surface area contributed by atoms with Crippen molar-refractivity contribution in [3.05, 3.63) is 65.5 Å². The van der Waals surface area contributed by atoms with Crippen LogP contribution >= 0.6 is 0 Å². The monoisotopic (exact) mass is 431 g/mol. The van der Waals surface area contributed by atoms with E-state index in [1.807, 2.05) is 17.9 Å². The van der Waals surface area contributed by atoms with Crippen molar-refractivity contribution in [1.82, 2.24) is 34.8 Å². The smallest absolute Gasteiger partial charge is 0.272 e. The standard InChI is InChI=1S/C24H29N7O/c1-2-31-20(10-11-25-31)23(32)30-15-24(16-30)14-29(12-17-6-4-3-5-7-17)13-19(24)22-26-21(27-28-22)18-8-9-18/h3-7,10-11,18-19H,2,8-9,12-16H2,1H3,(H,26,27,28). The Labute approximate surface area is 187 Å². The second kappa shape index (κ2) is 7.55. The van der Waals surface area contributed by atoms with Crippen LogP contribution < -0.4 is 0 Å². The Balaban J connectivity index is 1.23. The SMILES string of the molecule is CCn1nccc1C(=O)N1CC2(CN(Cc3ccccc3)CC2c2nc(C3CC3)n[nH]2)C1. The van der Waals surface area contributed by atoms with E-state index in [-0.39, 0.29) is 17.2 Å². The molecule has 1 atom stereocenters. The first kappa shape index (κ1) is 19.7. The summed E-state index contributed by atoms with van der Waals surface area (Å²) < 4.78 is 1.78. The van der Waals surface area contributed by atoms with E-state index in [9.17, 15) is 4.79 Å². The number of carbonyl (C=O) groups excluding carboxylic acids is 1. The number of hydrogen-bond acceptors (Lipinski definition) is 5. The third kappa shape index (κ3) is 3.33. The molecule has 32 heavy (non-hydrogen) atoms. The summed E-state index contributed by atoms with van der Waals surface area (Å²) in [5.74, 6) is 2.83. The molecule has 8 nitrogen and oxygen atoms in total. The predicted octanol–water partition coefficient (Wildman–Crippen LogP) is 2.64. The molecule has 2 saturated heterocycles. The van der Waals surface area contributed by atoms with Gasteiger partial charge in [-0.3, -0.25) is 19.5 Å². The van der Waals surface area contributed by atoms with E-state index in [1.165, 1.54) is 18.4 Å². The second-order valence-corrected chi connectivity index (χ2v) is 9.62. The summed E-state index contributed by atoms with van der Waals surface area (Å²) in [6.45, 7) is 7.01. The first-order valence-electron chi connectivity index (χ1n) is 11.6. The lowest BCUT2D eigenvalue weighted by Crippen LogP contribution is -2.61. The third-order valence-electron chi connectivity index (χ3n) is 7.29. The lowest BCUT2D eigenvalue weighted by molar-refractivity contribution is 0.000924. The van der Waals surface area contributed by atoms with E-state index >= 15 is 0 Å². The molecule has 6 rings (SSSR count). The van der Waals surface area contributed by atoms with Gasteiger partial charge in [0.15, 0.2) is 5.82 Å². The highest BCUT2D eigenvalue weighted by Gasteiger charge is 2.57. The number of carbonyl (C=O) groups is 1. The number of nitrogens with one attached hydrogen (secondary N) is 1. The second-order valence-electron chi connectivity index (χ2n) is 9.62. The van der Waals surface area contributed by atoms with Crippen LogP contribution in [0, 0.1) is 5.41 Å². The van der Waals surface area contributed by atoms with Crippen LogP contribution in [-0.4, -0.2) is 66.8 Å². The lowest BCUT2D eigenvalue weighted by Gasteiger charge is -2.50. The zero-order valence-corrected chi connectivity index (χ0v) is 18.4. The summed E-state index contributed by atoms with van der Waals surface area (Å²) in [5, 5.41) is 12.1. The van der Waals surface area contributed by atoms with E-state index in [2.05, 4.69) is 50.5 Å². The Bertz CT molecular complexity index is 1110. The lowest BCUT2D eigenvalue weighted by atomic mass is 9.71. The summed E-state index contributed by atoms with van der Waals surface area (Å²) in [6.07, 6.45) is 4.10. The number of likely N-dealkylation sites (tertiary alicyclic amines) is 2. The summed E-state index contributed by atoms with van der Waals surface area (Å²) >= 11 is 0. The van der Waals surface area contributed by atoms with Gasteiger partial charge >= 0.3 is 0 Å². The van der Waals surface area contributed by atoms with Gasteiger partial charge in [-0.05, 0) is 31.4 Å². The van der Waals surface area contributed by atoms with E-state index in [0.29, 0.717) is 18.2 Å². The molecule has 2 aliphatic heterocycles. The Kier molecular flexibility index (Phi) is 4.64. The number of aromatic nitrogens is 5. The molecule has 1 unspecified atom stereocenters. The van der Waals surface area contributed by atoms with Crippen LogP contribution in [0.3, 0.4) is 0 Å². The Morgan fingerprint density at radius 2 is 1.97 bits per heavy atom. The van der Waals surface area contributed by atoms with Gasteiger partial charge in [-0.25, -0.2) is 4.98 Å². The van der Waals surface area contributed by atoms with Gasteiger partial charge < -0.3 is 4.90 Å². The predicted molar refractivity (Wildman–Crippen MR) is 119 cm³/mol. The molecule has 0 bridgehead atoms. The van der Waals surface area contributed by atoms with Crippen molar-refractivity contribution in [3.8, 4) is 0 Å². The molecule has 4 heterocycles. The van der Waals surface area contributed by atoms with Crippen LogP contribution in [0.25, 0.3) is 0 Å². The van der Waals surface area contributed by atoms with Gasteiger partial charge in [0.1, 0.15) is 11.5 Å². The van der Waals surface area contributed by atoms with Crippen molar-refractivity contribution in [2.75, 3.05) is 26.2 Å². The molecule has 166 valence electrons. The molecule has 3 fully saturated rings. The van der Waals surface area contributed by atoms with Gasteiger partial charge in [-0.2, -0.15) is 10.2 Å². The highest BCUT2D eigenvalue weighted by molar-refractivity contribution is 5.93. The van der Waals surface area contributed by atoms with E-state index < -0.39 is 0 Å². The minimum absolute atomic E-state index is 0.0157. The Morgan fingerprint density at radius 1 is 1.16 bits per heavy atom. The summed E-state index contributed by atoms with van der Waals surface area (Å²) in [6, 6.07) is 12.4. The maximum atomic E-state index is 13.1. The number of H-pyrrole nitrogens is 1. The Morgan fingerprint density at radius 3 is 2.72 bits per heavy atom. The van der Waals surface area contributed by atoms with E-state index in [1.54, 1.807) is 10.9 Å². The number of amides is 1. The van der Waals surface area contributed by atoms with Gasteiger partial charge in [0.25, 0.3) is 5.91 Å². The molecule has 1 saturated carbocycles. The molecule has 1 amide bonds. The number of aromatic amines is 1. The topological polar surface area (TPSA) is 82.9 Å². The fraction of sp³-hybridized carbons (Fsp3) is 0.500. The number of rotatable bonds is 6. The highest BCUT2D eigenvalue weighted by Crippen LogP contribution is 2.49. The van der Waals surface area contributed by atoms with Gasteiger partial charge in [0.2, 0.25) is 0 Å². The van der Waals surface area contributed by atoms with Gasteiger partial charge in [0, 0.05) is 62.7 Å². The fourth-order valence-electron chi connectivity index (χ4n) is 5.48. The number of benzene rings is 1. The summed E-state index contributed by atoms with van der Waals surface area (Å²) in [7, 11) is 0. The molecular weight excluding hydrogens is 402 g/mol. The molecule has 1 aromatic carbocycles.